The topological polar surface area (TPSA) is 90.9 Å². The summed E-state index contributed by atoms with van der Waals surface area (Å²) in [5, 5.41) is 0.115. The molecule has 0 saturated carbocycles. The van der Waals surface area contributed by atoms with Gasteiger partial charge in [-0.25, -0.2) is 8.42 Å². The third-order valence-electron chi connectivity index (χ3n) is 9.26. The summed E-state index contributed by atoms with van der Waals surface area (Å²) >= 11 is -1.16. The van der Waals surface area contributed by atoms with Crippen LogP contribution in [0.4, 0.5) is 0 Å². The van der Waals surface area contributed by atoms with E-state index < -0.39 is 38.0 Å². The standard InChI is InChI=1S/C33H66N2O5S2Si2/c1-26(2)35(42(37,38)30-22-20-28(21-23-30)24-39-43(13,14)32(7,8)9)29(25-40-44(15,16)33(10,11)12)19-17-18-27(3)34-41(36)31(4,5)6/h20-23,26-27,29,34H,17-19,24-25H2,1-16H3/t27-,29-,41?/m0/s1. The van der Waals surface area contributed by atoms with E-state index in [1.807, 2.05) is 53.7 Å². The molecule has 0 spiro atoms. The van der Waals surface area contributed by atoms with Crippen molar-refractivity contribution in [3.63, 3.8) is 0 Å². The average molecular weight is 691 g/mol. The maximum absolute atomic E-state index is 14.3. The van der Waals surface area contributed by atoms with E-state index in [9.17, 15) is 13.0 Å². The van der Waals surface area contributed by atoms with Crippen molar-refractivity contribution < 1.29 is 21.8 Å². The highest BCUT2D eigenvalue weighted by Crippen LogP contribution is 2.38. The van der Waals surface area contributed by atoms with Crippen LogP contribution in [0.3, 0.4) is 0 Å². The first-order valence-corrected chi connectivity index (χ1v) is 24.6. The number of sulfonamides is 1. The molecule has 7 nitrogen and oxygen atoms in total. The van der Waals surface area contributed by atoms with Gasteiger partial charge in [0.1, 0.15) is 4.75 Å². The van der Waals surface area contributed by atoms with Gasteiger partial charge in [-0.1, -0.05) is 60.1 Å². The molecular formula is C33H66N2O5S2Si2. The van der Waals surface area contributed by atoms with Gasteiger partial charge in [0, 0.05) is 29.5 Å². The molecule has 0 bridgehead atoms. The smallest absolute Gasteiger partial charge is 0.243 e. The van der Waals surface area contributed by atoms with Crippen LogP contribution in [0.5, 0.6) is 0 Å². The summed E-state index contributed by atoms with van der Waals surface area (Å²) in [6.45, 7) is 34.7. The number of benzene rings is 1. The van der Waals surface area contributed by atoms with Gasteiger partial charge in [-0.15, -0.1) is 4.72 Å². The van der Waals surface area contributed by atoms with Crippen molar-refractivity contribution in [3.05, 3.63) is 29.8 Å². The first kappa shape index (κ1) is 41.8. The molecule has 1 N–H and O–H groups in total. The number of rotatable bonds is 16. The zero-order valence-electron chi connectivity index (χ0n) is 30.9. The monoisotopic (exact) mass is 690 g/mol. The van der Waals surface area contributed by atoms with E-state index >= 15 is 0 Å². The Bertz CT molecular complexity index is 1120. The minimum Gasteiger partial charge on any atom is -0.598 e. The van der Waals surface area contributed by atoms with Gasteiger partial charge in [-0.05, 0) is 108 Å². The molecule has 258 valence electrons. The molecule has 0 aromatic heterocycles. The fraction of sp³-hybridized carbons (Fsp3) is 0.818. The molecule has 0 aliphatic rings. The maximum atomic E-state index is 14.3. The Labute approximate surface area is 277 Å². The summed E-state index contributed by atoms with van der Waals surface area (Å²) in [5.41, 5.74) is 0.969. The van der Waals surface area contributed by atoms with Gasteiger partial charge in [0.05, 0.1) is 18.1 Å². The van der Waals surface area contributed by atoms with Crippen LogP contribution >= 0.6 is 0 Å². The second-order valence-corrected chi connectivity index (χ2v) is 30.1. The summed E-state index contributed by atoms with van der Waals surface area (Å²) < 4.78 is 58.7. The molecule has 0 fully saturated rings. The zero-order valence-corrected chi connectivity index (χ0v) is 34.5. The maximum Gasteiger partial charge on any atom is 0.243 e. The first-order valence-electron chi connectivity index (χ1n) is 16.2. The Balaban J connectivity index is 3.26. The normalized spacial score (nSPS) is 16.4. The molecule has 0 amide bonds. The van der Waals surface area contributed by atoms with Crippen molar-refractivity contribution in [2.45, 2.75) is 173 Å². The van der Waals surface area contributed by atoms with Crippen LogP contribution in [-0.4, -0.2) is 63.4 Å². The lowest BCUT2D eigenvalue weighted by Gasteiger charge is -2.40. The molecule has 44 heavy (non-hydrogen) atoms. The van der Waals surface area contributed by atoms with Crippen LogP contribution in [0, 0.1) is 0 Å². The molecule has 0 saturated heterocycles. The van der Waals surface area contributed by atoms with Crippen molar-refractivity contribution in [2.75, 3.05) is 6.61 Å². The highest BCUT2D eigenvalue weighted by atomic mass is 32.2. The number of hydrogen-bond acceptors (Lipinski definition) is 6. The van der Waals surface area contributed by atoms with Crippen LogP contribution in [-0.2, 0) is 36.8 Å². The fourth-order valence-corrected chi connectivity index (χ4v) is 8.81. The summed E-state index contributed by atoms with van der Waals surface area (Å²) in [6, 6.07) is 6.66. The second-order valence-electron chi connectivity index (χ2n) is 16.7. The third-order valence-corrected chi connectivity index (χ3v) is 22.1. The number of hydrogen-bond donors (Lipinski definition) is 1. The van der Waals surface area contributed by atoms with Crippen molar-refractivity contribution in [1.29, 1.82) is 0 Å². The molecule has 0 aliphatic heterocycles. The molecule has 0 radical (unpaired) electrons. The van der Waals surface area contributed by atoms with Gasteiger partial charge < -0.3 is 13.4 Å². The molecule has 1 unspecified atom stereocenters. The van der Waals surface area contributed by atoms with Crippen molar-refractivity contribution in [3.8, 4) is 0 Å². The van der Waals surface area contributed by atoms with Crippen molar-refractivity contribution in [1.82, 2.24) is 9.03 Å². The quantitative estimate of drug-likeness (QED) is 0.138. The van der Waals surface area contributed by atoms with Gasteiger partial charge in [0.25, 0.3) is 0 Å². The van der Waals surface area contributed by atoms with Crippen LogP contribution in [0.1, 0.15) is 108 Å². The Morgan fingerprint density at radius 1 is 0.841 bits per heavy atom. The van der Waals surface area contributed by atoms with Crippen LogP contribution in [0.2, 0.25) is 36.3 Å². The summed E-state index contributed by atoms with van der Waals surface area (Å²) in [6.07, 6.45) is 2.22. The summed E-state index contributed by atoms with van der Waals surface area (Å²) in [7, 11) is -7.85. The minimum absolute atomic E-state index is 0.0108. The Morgan fingerprint density at radius 3 is 1.75 bits per heavy atom. The van der Waals surface area contributed by atoms with E-state index in [0.717, 1.165) is 18.4 Å². The molecule has 1 aromatic rings. The molecule has 3 atom stereocenters. The SMILES string of the molecule is CC(C)N([C@@H](CCC[C@H](C)N[S+]([O-])C(C)(C)C)CO[Si](C)(C)C(C)(C)C)S(=O)(=O)c1ccc(CO[Si](C)(C)C(C)(C)C)cc1. The van der Waals surface area contributed by atoms with Crippen molar-refractivity contribution in [2.24, 2.45) is 0 Å². The van der Waals surface area contributed by atoms with Gasteiger partial charge in [-0.2, -0.15) is 4.31 Å². The van der Waals surface area contributed by atoms with Crippen LogP contribution in [0.25, 0.3) is 0 Å². The lowest BCUT2D eigenvalue weighted by Crippen LogP contribution is -2.50. The van der Waals surface area contributed by atoms with E-state index in [2.05, 4.69) is 72.5 Å². The van der Waals surface area contributed by atoms with E-state index in [-0.39, 0.29) is 37.8 Å². The molecule has 0 heterocycles. The predicted octanol–water partition coefficient (Wildman–Crippen LogP) is 8.61. The average Bonchev–Trinajstić information content (AvgIpc) is 2.83. The van der Waals surface area contributed by atoms with Crippen LogP contribution in [0.15, 0.2) is 29.2 Å². The summed E-state index contributed by atoms with van der Waals surface area (Å²) in [4.78, 5) is 0.287. The Hall–Kier alpha value is -0.246. The third kappa shape index (κ3) is 12.1. The lowest BCUT2D eigenvalue weighted by molar-refractivity contribution is 0.161. The zero-order chi connectivity index (χ0) is 34.5. The van der Waals surface area contributed by atoms with Gasteiger partial charge in [0.15, 0.2) is 16.6 Å². The molecule has 1 aromatic carbocycles. The van der Waals surface area contributed by atoms with Crippen LogP contribution < -0.4 is 4.72 Å². The molecule has 0 aliphatic carbocycles. The van der Waals surface area contributed by atoms with Gasteiger partial charge in [-0.3, -0.25) is 0 Å². The second kappa shape index (κ2) is 15.8. The van der Waals surface area contributed by atoms with E-state index in [0.29, 0.717) is 19.6 Å². The predicted molar refractivity (Wildman–Crippen MR) is 194 cm³/mol. The summed E-state index contributed by atoms with van der Waals surface area (Å²) in [5.74, 6) is 0. The minimum atomic E-state index is -3.80. The molecule has 1 rings (SSSR count). The molecule has 11 heteroatoms. The molecular weight excluding hydrogens is 625 g/mol. The number of nitrogens with zero attached hydrogens (tertiary/aromatic N) is 1. The van der Waals surface area contributed by atoms with Gasteiger partial charge >= 0.3 is 0 Å². The first-order chi connectivity index (χ1) is 19.6. The van der Waals surface area contributed by atoms with Gasteiger partial charge in [0.2, 0.25) is 10.0 Å². The number of nitrogens with one attached hydrogen (secondary N) is 1. The Kier molecular flexibility index (Phi) is 15.0. The largest absolute Gasteiger partial charge is 0.598 e. The van der Waals surface area contributed by atoms with Crippen molar-refractivity contribution >= 4 is 38.0 Å². The lowest BCUT2D eigenvalue weighted by atomic mass is 10.1. The Morgan fingerprint density at radius 2 is 1.32 bits per heavy atom. The fourth-order valence-electron chi connectivity index (χ4n) is 4.14. The highest BCUT2D eigenvalue weighted by Gasteiger charge is 2.41. The van der Waals surface area contributed by atoms with E-state index in [1.54, 1.807) is 16.4 Å². The van der Waals surface area contributed by atoms with E-state index in [4.69, 9.17) is 8.85 Å². The highest BCUT2D eigenvalue weighted by molar-refractivity contribution is 7.90. The van der Waals surface area contributed by atoms with E-state index in [1.165, 1.54) is 0 Å².